The Bertz CT molecular complexity index is 1150. The van der Waals surface area contributed by atoms with E-state index in [1.54, 1.807) is 37.4 Å². The first kappa shape index (κ1) is 15.7. The van der Waals surface area contributed by atoms with E-state index in [9.17, 15) is 14.4 Å². The van der Waals surface area contributed by atoms with E-state index in [1.165, 1.54) is 4.57 Å². The summed E-state index contributed by atoms with van der Waals surface area (Å²) in [7, 11) is 0. The van der Waals surface area contributed by atoms with Crippen LogP contribution in [0.4, 0.5) is 5.82 Å². The number of hydrogen-bond acceptors (Lipinski definition) is 6. The summed E-state index contributed by atoms with van der Waals surface area (Å²) >= 11 is 0. The number of aryl methyl sites for hydroxylation is 1. The fourth-order valence-electron chi connectivity index (χ4n) is 2.97. The minimum absolute atomic E-state index is 0.00340. The predicted molar refractivity (Wildman–Crippen MR) is 94.0 cm³/mol. The molecular weight excluding hydrogens is 334 g/mol. The van der Waals surface area contributed by atoms with Crippen LogP contribution in [0.5, 0.6) is 0 Å². The van der Waals surface area contributed by atoms with Crippen molar-refractivity contribution in [2.75, 3.05) is 5.73 Å². The van der Waals surface area contributed by atoms with E-state index in [0.29, 0.717) is 17.2 Å². The number of nitrogen functional groups attached to an aromatic ring is 1. The summed E-state index contributed by atoms with van der Waals surface area (Å²) in [5, 5.41) is 2.15. The number of nitrogens with zero attached hydrogens (tertiary/aromatic N) is 3. The predicted octanol–water partition coefficient (Wildman–Crippen LogP) is 1.07. The third-order valence-corrected chi connectivity index (χ3v) is 4.13. The summed E-state index contributed by atoms with van der Waals surface area (Å²) in [5.74, 6) is -0.686. The molecule has 3 heterocycles. The Kier molecular flexibility index (Phi) is 3.40. The van der Waals surface area contributed by atoms with Gasteiger partial charge in [0.05, 0.1) is 22.5 Å². The number of benzene rings is 1. The quantitative estimate of drug-likeness (QED) is 0.669. The summed E-state index contributed by atoms with van der Waals surface area (Å²) in [6.45, 7) is 1.78. The van der Waals surface area contributed by atoms with Crippen molar-refractivity contribution in [1.29, 1.82) is 0 Å². The van der Waals surface area contributed by atoms with Gasteiger partial charge in [0.2, 0.25) is 0 Å². The molecule has 0 spiro atoms. The zero-order valence-corrected chi connectivity index (χ0v) is 13.7. The fourth-order valence-corrected chi connectivity index (χ4v) is 2.97. The smallest absolute Gasteiger partial charge is 0.262 e. The van der Waals surface area contributed by atoms with Gasteiger partial charge in [-0.2, -0.15) is 0 Å². The van der Waals surface area contributed by atoms with Crippen molar-refractivity contribution in [2.45, 2.75) is 6.92 Å². The van der Waals surface area contributed by atoms with Crippen molar-refractivity contribution in [2.24, 2.45) is 0 Å². The summed E-state index contributed by atoms with van der Waals surface area (Å²) in [6, 6.07) is 9.90. The van der Waals surface area contributed by atoms with Gasteiger partial charge in [-0.1, -0.05) is 12.1 Å². The lowest BCUT2D eigenvalue weighted by atomic mass is 10.1. The number of aromatic nitrogens is 3. The van der Waals surface area contributed by atoms with Gasteiger partial charge in [-0.05, 0) is 25.1 Å². The molecule has 0 atom stereocenters. The molecule has 3 aromatic rings. The summed E-state index contributed by atoms with van der Waals surface area (Å²) in [4.78, 5) is 44.7. The van der Waals surface area contributed by atoms with Crippen molar-refractivity contribution in [3.63, 3.8) is 0 Å². The zero-order chi connectivity index (χ0) is 18.4. The van der Waals surface area contributed by atoms with Gasteiger partial charge >= 0.3 is 0 Å². The van der Waals surface area contributed by atoms with Gasteiger partial charge in [0.25, 0.3) is 17.4 Å². The molecule has 8 heteroatoms. The highest BCUT2D eigenvalue weighted by atomic mass is 16.2. The molecule has 0 unspecified atom stereocenters. The first-order valence-corrected chi connectivity index (χ1v) is 7.77. The Morgan fingerprint density at radius 3 is 2.65 bits per heavy atom. The largest absolute Gasteiger partial charge is 0.384 e. The maximum atomic E-state index is 12.5. The van der Waals surface area contributed by atoms with Crippen molar-refractivity contribution in [3.8, 4) is 16.9 Å². The lowest BCUT2D eigenvalue weighted by Crippen LogP contribution is -2.24. The van der Waals surface area contributed by atoms with Crippen molar-refractivity contribution in [1.82, 2.24) is 19.9 Å². The number of hydrogen-bond donors (Lipinski definition) is 2. The van der Waals surface area contributed by atoms with E-state index >= 15 is 0 Å². The third kappa shape index (κ3) is 2.35. The lowest BCUT2D eigenvalue weighted by molar-refractivity contribution is 0.0880. The van der Waals surface area contributed by atoms with E-state index in [2.05, 4.69) is 15.3 Å². The molecule has 26 heavy (non-hydrogen) atoms. The normalized spacial score (nSPS) is 12.8. The number of rotatable bonds is 2. The second-order valence-corrected chi connectivity index (χ2v) is 5.81. The van der Waals surface area contributed by atoms with Crippen LogP contribution in [0.25, 0.3) is 16.9 Å². The van der Waals surface area contributed by atoms with Crippen molar-refractivity contribution >= 4 is 17.6 Å². The number of carbonyl (C=O) groups is 2. The van der Waals surface area contributed by atoms with Crippen LogP contribution in [0.2, 0.25) is 0 Å². The molecule has 0 radical (unpaired) electrons. The highest BCUT2D eigenvalue weighted by molar-refractivity contribution is 6.23. The molecule has 4 rings (SSSR count). The van der Waals surface area contributed by atoms with E-state index in [4.69, 9.17) is 5.73 Å². The maximum absolute atomic E-state index is 12.5. The van der Waals surface area contributed by atoms with Crippen LogP contribution in [-0.4, -0.2) is 26.3 Å². The Labute approximate surface area is 147 Å². The van der Waals surface area contributed by atoms with E-state index in [1.807, 2.05) is 6.07 Å². The molecule has 0 aliphatic carbocycles. The van der Waals surface area contributed by atoms with E-state index in [-0.39, 0.29) is 16.9 Å². The van der Waals surface area contributed by atoms with Crippen LogP contribution in [0.1, 0.15) is 26.5 Å². The zero-order valence-electron chi connectivity index (χ0n) is 13.7. The number of pyridine rings is 1. The number of anilines is 1. The number of amides is 2. The van der Waals surface area contributed by atoms with Crippen LogP contribution in [0.15, 0.2) is 47.4 Å². The molecule has 0 fully saturated rings. The Morgan fingerprint density at radius 1 is 1.08 bits per heavy atom. The molecule has 0 bridgehead atoms. The number of nitrogens with two attached hydrogens (primary N) is 1. The minimum Gasteiger partial charge on any atom is -0.384 e. The molecule has 1 aromatic carbocycles. The average molecular weight is 347 g/mol. The number of carbonyl (C=O) groups excluding carboxylic acids is 2. The summed E-state index contributed by atoms with van der Waals surface area (Å²) in [5.41, 5.74) is 7.50. The Morgan fingerprint density at radius 2 is 1.88 bits per heavy atom. The fraction of sp³-hybridized carbons (Fsp3) is 0.0556. The SMILES string of the molecule is Cc1nccc(-c2cccc(-n3c(N)c4c(cc3=O)C(=O)NC4=O)c2)n1. The monoisotopic (exact) mass is 347 g/mol. The molecule has 2 amide bonds. The molecule has 0 saturated heterocycles. The van der Waals surface area contributed by atoms with Crippen LogP contribution in [-0.2, 0) is 0 Å². The van der Waals surface area contributed by atoms with Gasteiger partial charge in [-0.3, -0.25) is 24.3 Å². The van der Waals surface area contributed by atoms with Crippen LogP contribution in [0.3, 0.4) is 0 Å². The molecular formula is C18H13N5O3. The number of fused-ring (bicyclic) bond motifs is 1. The third-order valence-electron chi connectivity index (χ3n) is 4.13. The first-order chi connectivity index (χ1) is 12.5. The van der Waals surface area contributed by atoms with Crippen molar-refractivity contribution < 1.29 is 9.59 Å². The first-order valence-electron chi connectivity index (χ1n) is 7.77. The average Bonchev–Trinajstić information content (AvgIpc) is 2.89. The standard InChI is InChI=1S/C18H13N5O3/c1-9-20-6-5-13(21-9)10-3-2-4-11(7-10)23-14(24)8-12-15(16(23)19)18(26)22-17(12)25/h2-8H,19H2,1H3,(H,22,25,26). The van der Waals surface area contributed by atoms with Crippen LogP contribution < -0.4 is 16.6 Å². The maximum Gasteiger partial charge on any atom is 0.262 e. The van der Waals surface area contributed by atoms with Gasteiger partial charge < -0.3 is 5.73 Å². The van der Waals surface area contributed by atoms with Gasteiger partial charge in [-0.25, -0.2) is 9.97 Å². The Hall–Kier alpha value is -3.81. The van der Waals surface area contributed by atoms with Crippen LogP contribution >= 0.6 is 0 Å². The molecule has 0 saturated carbocycles. The highest BCUT2D eigenvalue weighted by Gasteiger charge is 2.31. The molecule has 2 aromatic heterocycles. The summed E-state index contributed by atoms with van der Waals surface area (Å²) in [6.07, 6.45) is 1.65. The molecule has 1 aliphatic rings. The molecule has 3 N–H and O–H groups in total. The molecule has 8 nitrogen and oxygen atoms in total. The van der Waals surface area contributed by atoms with Crippen LogP contribution in [0, 0.1) is 6.92 Å². The number of imide groups is 1. The van der Waals surface area contributed by atoms with E-state index < -0.39 is 17.4 Å². The molecule has 1 aliphatic heterocycles. The van der Waals surface area contributed by atoms with E-state index in [0.717, 1.165) is 11.6 Å². The number of nitrogens with one attached hydrogen (secondary N) is 1. The minimum atomic E-state index is -0.619. The van der Waals surface area contributed by atoms with Gasteiger partial charge in [0.15, 0.2) is 0 Å². The lowest BCUT2D eigenvalue weighted by Gasteiger charge is -2.13. The second-order valence-electron chi connectivity index (χ2n) is 5.81. The van der Waals surface area contributed by atoms with Gasteiger partial charge in [0.1, 0.15) is 11.6 Å². The van der Waals surface area contributed by atoms with Crippen molar-refractivity contribution in [3.05, 3.63) is 69.9 Å². The Balaban J connectivity index is 1.91. The molecule has 128 valence electrons. The highest BCUT2D eigenvalue weighted by Crippen LogP contribution is 2.25. The topological polar surface area (TPSA) is 120 Å². The van der Waals surface area contributed by atoms with Gasteiger partial charge in [-0.15, -0.1) is 0 Å². The second kappa shape index (κ2) is 5.62. The van der Waals surface area contributed by atoms with Gasteiger partial charge in [0, 0.05) is 17.8 Å². The summed E-state index contributed by atoms with van der Waals surface area (Å²) < 4.78 is 1.20.